The van der Waals surface area contributed by atoms with E-state index in [1.54, 1.807) is 38.4 Å². The van der Waals surface area contributed by atoms with Crippen molar-refractivity contribution in [1.82, 2.24) is 10.2 Å². The number of hydrogen-bond donors (Lipinski definition) is 2. The van der Waals surface area contributed by atoms with Crippen LogP contribution in [-0.2, 0) is 11.2 Å². The van der Waals surface area contributed by atoms with Gasteiger partial charge in [0.2, 0.25) is 5.91 Å². The van der Waals surface area contributed by atoms with E-state index in [9.17, 15) is 9.59 Å². The normalized spacial score (nSPS) is 17.6. The van der Waals surface area contributed by atoms with Crippen LogP contribution in [0.15, 0.2) is 36.4 Å². The molecule has 2 aromatic carbocycles. The lowest BCUT2D eigenvalue weighted by molar-refractivity contribution is -0.125. The van der Waals surface area contributed by atoms with Crippen molar-refractivity contribution in [1.29, 1.82) is 0 Å². The molecule has 0 radical (unpaired) electrons. The predicted octanol–water partition coefficient (Wildman–Crippen LogP) is 4.15. The second-order valence-corrected chi connectivity index (χ2v) is 8.72. The molecule has 1 heterocycles. The minimum Gasteiger partial charge on any atom is -0.495 e. The molecule has 2 N–H and O–H groups in total. The van der Waals surface area contributed by atoms with E-state index in [0.717, 1.165) is 36.8 Å². The Hall–Kier alpha value is -3.42. The fourth-order valence-corrected chi connectivity index (χ4v) is 4.96. The molecule has 182 valence electrons. The number of hydrogen-bond acceptors (Lipinski definition) is 5. The Morgan fingerprint density at radius 2 is 1.65 bits per heavy atom. The molecule has 3 amide bonds. The Kier molecular flexibility index (Phi) is 7.45. The number of anilines is 1. The van der Waals surface area contributed by atoms with Crippen LogP contribution in [-0.4, -0.2) is 51.3 Å². The molecular weight excluding hydrogens is 434 g/mol. The van der Waals surface area contributed by atoms with E-state index in [-0.39, 0.29) is 23.9 Å². The van der Waals surface area contributed by atoms with Gasteiger partial charge in [-0.3, -0.25) is 4.79 Å². The van der Waals surface area contributed by atoms with Crippen LogP contribution in [0.1, 0.15) is 42.9 Å². The number of ether oxygens (including phenoxy) is 3. The number of carbonyl (C=O) groups is 2. The standard InChI is InChI=1S/C26H33N3O5/c1-32-22-11-7-6-10-20(22)28-26(31)29-13-12-18-14-23(33-2)24(34-3)15-19(18)21(29)16-27-25(30)17-8-4-5-9-17/h6-7,10-11,14-15,17,21H,4-5,8-9,12-13,16H2,1-3H3,(H,27,30)(H,28,31)/t21-/m0/s1. The molecule has 8 heteroatoms. The first-order chi connectivity index (χ1) is 16.5. The van der Waals surface area contributed by atoms with Gasteiger partial charge in [-0.05, 0) is 54.7 Å². The maximum Gasteiger partial charge on any atom is 0.322 e. The molecule has 2 aliphatic rings. The van der Waals surface area contributed by atoms with E-state index in [2.05, 4.69) is 10.6 Å². The lowest BCUT2D eigenvalue weighted by Gasteiger charge is -2.38. The zero-order valence-electron chi connectivity index (χ0n) is 20.1. The highest BCUT2D eigenvalue weighted by Crippen LogP contribution is 2.38. The Balaban J connectivity index is 1.61. The van der Waals surface area contributed by atoms with Gasteiger partial charge >= 0.3 is 6.03 Å². The largest absolute Gasteiger partial charge is 0.495 e. The molecule has 0 aromatic heterocycles. The molecule has 1 aliphatic heterocycles. The smallest absolute Gasteiger partial charge is 0.322 e. The van der Waals surface area contributed by atoms with Gasteiger partial charge in [-0.1, -0.05) is 25.0 Å². The molecule has 0 bridgehead atoms. The first-order valence-corrected chi connectivity index (χ1v) is 11.8. The quantitative estimate of drug-likeness (QED) is 0.639. The van der Waals surface area contributed by atoms with E-state index in [0.29, 0.717) is 42.4 Å². The maximum atomic E-state index is 13.4. The van der Waals surface area contributed by atoms with E-state index >= 15 is 0 Å². The molecule has 2 aromatic rings. The van der Waals surface area contributed by atoms with Crippen molar-refractivity contribution in [2.75, 3.05) is 39.7 Å². The fourth-order valence-electron chi connectivity index (χ4n) is 4.96. The summed E-state index contributed by atoms with van der Waals surface area (Å²) < 4.78 is 16.4. The van der Waals surface area contributed by atoms with Crippen LogP contribution in [0.3, 0.4) is 0 Å². The van der Waals surface area contributed by atoms with Gasteiger partial charge in [0.15, 0.2) is 11.5 Å². The van der Waals surface area contributed by atoms with Crippen LogP contribution in [0.2, 0.25) is 0 Å². The number of fused-ring (bicyclic) bond motifs is 1. The summed E-state index contributed by atoms with van der Waals surface area (Å²) in [7, 11) is 4.78. The van der Waals surface area contributed by atoms with Crippen molar-refractivity contribution in [3.8, 4) is 17.2 Å². The molecule has 1 saturated carbocycles. The first kappa shape index (κ1) is 23.7. The van der Waals surface area contributed by atoms with Gasteiger partial charge in [0, 0.05) is 19.0 Å². The molecule has 0 unspecified atom stereocenters. The molecule has 4 rings (SSSR count). The van der Waals surface area contributed by atoms with E-state index in [1.807, 2.05) is 24.3 Å². The number of nitrogens with one attached hydrogen (secondary N) is 2. The number of amides is 3. The van der Waals surface area contributed by atoms with Crippen LogP contribution in [0, 0.1) is 5.92 Å². The molecular formula is C26H33N3O5. The van der Waals surface area contributed by atoms with Crippen molar-refractivity contribution < 1.29 is 23.8 Å². The van der Waals surface area contributed by atoms with Crippen LogP contribution in [0.5, 0.6) is 17.2 Å². The number of urea groups is 1. The van der Waals surface area contributed by atoms with Gasteiger partial charge in [0.25, 0.3) is 0 Å². The number of rotatable bonds is 7. The van der Waals surface area contributed by atoms with Crippen molar-refractivity contribution >= 4 is 17.6 Å². The highest BCUT2D eigenvalue weighted by Gasteiger charge is 2.33. The van der Waals surface area contributed by atoms with Gasteiger partial charge in [-0.2, -0.15) is 0 Å². The van der Waals surface area contributed by atoms with Crippen molar-refractivity contribution in [2.45, 2.75) is 38.1 Å². The molecule has 1 aliphatic carbocycles. The molecule has 1 atom stereocenters. The summed E-state index contributed by atoms with van der Waals surface area (Å²) >= 11 is 0. The maximum absolute atomic E-state index is 13.4. The lowest BCUT2D eigenvalue weighted by atomic mass is 9.91. The Labute approximate surface area is 200 Å². The van der Waals surface area contributed by atoms with Crippen molar-refractivity contribution in [3.63, 3.8) is 0 Å². The predicted molar refractivity (Wildman–Crippen MR) is 130 cm³/mol. The van der Waals surface area contributed by atoms with Crippen molar-refractivity contribution in [3.05, 3.63) is 47.5 Å². The minimum atomic E-state index is -0.344. The van der Waals surface area contributed by atoms with Gasteiger partial charge in [-0.15, -0.1) is 0 Å². The van der Waals surface area contributed by atoms with Crippen LogP contribution < -0.4 is 24.8 Å². The number of carbonyl (C=O) groups excluding carboxylic acids is 2. The molecule has 8 nitrogen and oxygen atoms in total. The monoisotopic (exact) mass is 467 g/mol. The zero-order valence-corrected chi connectivity index (χ0v) is 20.1. The summed E-state index contributed by atoms with van der Waals surface area (Å²) in [5.74, 6) is 1.97. The van der Waals surface area contributed by atoms with Crippen LogP contribution in [0.4, 0.5) is 10.5 Å². The summed E-state index contributed by atoms with van der Waals surface area (Å²) in [4.78, 5) is 28.0. The van der Waals surface area contributed by atoms with Crippen LogP contribution in [0.25, 0.3) is 0 Å². The third-order valence-electron chi connectivity index (χ3n) is 6.81. The van der Waals surface area contributed by atoms with Crippen molar-refractivity contribution in [2.24, 2.45) is 5.92 Å². The first-order valence-electron chi connectivity index (χ1n) is 11.8. The number of methoxy groups -OCH3 is 3. The average molecular weight is 468 g/mol. The Morgan fingerprint density at radius 3 is 2.35 bits per heavy atom. The number of nitrogens with zero attached hydrogens (tertiary/aromatic N) is 1. The topological polar surface area (TPSA) is 89.1 Å². The fraction of sp³-hybridized carbons (Fsp3) is 0.462. The summed E-state index contributed by atoms with van der Waals surface area (Å²) in [6.45, 7) is 0.838. The van der Waals surface area contributed by atoms with Gasteiger partial charge in [0.05, 0.1) is 33.1 Å². The summed E-state index contributed by atoms with van der Waals surface area (Å²) in [6, 6.07) is 10.6. The molecule has 0 saturated heterocycles. The second kappa shape index (κ2) is 10.7. The highest BCUT2D eigenvalue weighted by atomic mass is 16.5. The zero-order chi connectivity index (χ0) is 24.1. The Morgan fingerprint density at radius 1 is 0.971 bits per heavy atom. The van der Waals surface area contributed by atoms with Gasteiger partial charge < -0.3 is 29.7 Å². The third kappa shape index (κ3) is 4.90. The summed E-state index contributed by atoms with van der Waals surface area (Å²) in [5, 5.41) is 6.09. The van der Waals surface area contributed by atoms with E-state index in [1.165, 1.54) is 0 Å². The van der Waals surface area contributed by atoms with Gasteiger partial charge in [-0.25, -0.2) is 4.79 Å². The van der Waals surface area contributed by atoms with Gasteiger partial charge in [0.1, 0.15) is 5.75 Å². The number of para-hydroxylation sites is 2. The SMILES string of the molecule is COc1ccccc1NC(=O)N1CCc2cc(OC)c(OC)cc2[C@@H]1CNC(=O)C1CCCC1. The average Bonchev–Trinajstić information content (AvgIpc) is 3.41. The summed E-state index contributed by atoms with van der Waals surface area (Å²) in [6.07, 6.45) is 4.71. The lowest BCUT2D eigenvalue weighted by Crippen LogP contribution is -2.47. The third-order valence-corrected chi connectivity index (χ3v) is 6.81. The molecule has 1 fully saturated rings. The van der Waals surface area contributed by atoms with E-state index < -0.39 is 0 Å². The van der Waals surface area contributed by atoms with E-state index in [4.69, 9.17) is 14.2 Å². The second-order valence-electron chi connectivity index (χ2n) is 8.72. The highest BCUT2D eigenvalue weighted by molar-refractivity contribution is 5.91. The molecule has 0 spiro atoms. The molecule has 34 heavy (non-hydrogen) atoms. The summed E-state index contributed by atoms with van der Waals surface area (Å²) in [5.41, 5.74) is 2.63. The number of benzene rings is 2. The Bertz CT molecular complexity index is 1040. The van der Waals surface area contributed by atoms with Crippen LogP contribution >= 0.6 is 0 Å². The minimum absolute atomic E-state index is 0.0596.